The number of carbonyl (C=O) groups is 1. The van der Waals surface area contributed by atoms with Gasteiger partial charge in [0.1, 0.15) is 11.4 Å². The van der Waals surface area contributed by atoms with Gasteiger partial charge < -0.3 is 10.0 Å². The molecule has 0 radical (unpaired) electrons. The summed E-state index contributed by atoms with van der Waals surface area (Å²) in [4.78, 5) is 17.0. The number of hydrogen-bond acceptors (Lipinski definition) is 5. The third-order valence-corrected chi connectivity index (χ3v) is 4.22. The fraction of sp³-hybridized carbons (Fsp3) is 0.400. The molecule has 0 saturated carbocycles. The minimum absolute atomic E-state index is 0.0147. The van der Waals surface area contributed by atoms with Crippen molar-refractivity contribution in [3.05, 3.63) is 24.0 Å². The number of likely N-dealkylation sites (tertiary alicyclic amines) is 1. The second kappa shape index (κ2) is 3.99. The van der Waals surface area contributed by atoms with Crippen LogP contribution in [0.25, 0.3) is 0 Å². The number of hydrogen-bond donors (Lipinski definition) is 1. The van der Waals surface area contributed by atoms with E-state index in [0.717, 1.165) is 6.26 Å². The third-order valence-electron chi connectivity index (χ3n) is 2.71. The van der Waals surface area contributed by atoms with Gasteiger partial charge in [0.15, 0.2) is 9.84 Å². The van der Waals surface area contributed by atoms with E-state index in [4.69, 9.17) is 5.11 Å². The summed E-state index contributed by atoms with van der Waals surface area (Å²) < 4.78 is 22.4. The minimum atomic E-state index is -3.08. The van der Waals surface area contributed by atoms with Crippen molar-refractivity contribution in [1.29, 1.82) is 0 Å². The van der Waals surface area contributed by atoms with E-state index in [1.165, 1.54) is 23.2 Å². The summed E-state index contributed by atoms with van der Waals surface area (Å²) in [6.45, 7) is 0.417. The van der Waals surface area contributed by atoms with Gasteiger partial charge in [-0.1, -0.05) is 0 Å². The number of amides is 1. The second-order valence-corrected chi connectivity index (χ2v) is 6.39. The summed E-state index contributed by atoms with van der Waals surface area (Å²) >= 11 is 0. The molecule has 0 spiro atoms. The van der Waals surface area contributed by atoms with Crippen molar-refractivity contribution in [2.45, 2.75) is 5.25 Å². The molecule has 1 saturated heterocycles. The molecule has 1 aliphatic rings. The van der Waals surface area contributed by atoms with E-state index in [1.807, 2.05) is 0 Å². The van der Waals surface area contributed by atoms with Crippen LogP contribution in [0.2, 0.25) is 0 Å². The molecule has 1 N–H and O–H groups in total. The lowest BCUT2D eigenvalue weighted by atomic mass is 10.2. The monoisotopic (exact) mass is 256 g/mol. The zero-order valence-electron chi connectivity index (χ0n) is 9.20. The molecule has 92 valence electrons. The Morgan fingerprint density at radius 3 is 2.59 bits per heavy atom. The topological polar surface area (TPSA) is 87.6 Å². The van der Waals surface area contributed by atoms with Gasteiger partial charge in [-0.05, 0) is 12.1 Å². The van der Waals surface area contributed by atoms with Crippen LogP contribution >= 0.6 is 0 Å². The number of sulfone groups is 1. The Kier molecular flexibility index (Phi) is 2.78. The van der Waals surface area contributed by atoms with Crippen molar-refractivity contribution in [3.8, 4) is 5.75 Å². The van der Waals surface area contributed by atoms with Gasteiger partial charge >= 0.3 is 0 Å². The fourth-order valence-corrected chi connectivity index (χ4v) is 2.45. The van der Waals surface area contributed by atoms with Gasteiger partial charge in [-0.3, -0.25) is 4.79 Å². The Bertz CT molecular complexity index is 532. The molecule has 0 unspecified atom stereocenters. The van der Waals surface area contributed by atoms with Gasteiger partial charge in [0.05, 0.1) is 11.4 Å². The molecule has 0 atom stereocenters. The lowest BCUT2D eigenvalue weighted by molar-refractivity contribution is 0.0653. The SMILES string of the molecule is CS(=O)(=O)C1CN(C(=O)c2ccc(O)cn2)C1. The predicted molar refractivity (Wildman–Crippen MR) is 60.4 cm³/mol. The van der Waals surface area contributed by atoms with Crippen molar-refractivity contribution in [1.82, 2.24) is 9.88 Å². The van der Waals surface area contributed by atoms with E-state index >= 15 is 0 Å². The largest absolute Gasteiger partial charge is 0.506 e. The van der Waals surface area contributed by atoms with Crippen LogP contribution in [-0.2, 0) is 9.84 Å². The lowest BCUT2D eigenvalue weighted by Crippen LogP contribution is -2.56. The maximum Gasteiger partial charge on any atom is 0.272 e. The normalized spacial score (nSPS) is 16.6. The molecule has 0 bridgehead atoms. The number of pyridine rings is 1. The first-order chi connectivity index (χ1) is 7.88. The Labute approximate surface area is 98.8 Å². The molecule has 1 fully saturated rings. The van der Waals surface area contributed by atoms with Crippen LogP contribution in [0.4, 0.5) is 0 Å². The summed E-state index contributed by atoms with van der Waals surface area (Å²) in [6, 6.07) is 2.78. The Hall–Kier alpha value is -1.63. The molecular formula is C10H12N2O4S. The Balaban J connectivity index is 2.03. The zero-order valence-corrected chi connectivity index (χ0v) is 10.0. The number of aromatic nitrogens is 1. The summed E-state index contributed by atoms with van der Waals surface area (Å²) in [6.07, 6.45) is 2.35. The molecule has 1 aliphatic heterocycles. The smallest absolute Gasteiger partial charge is 0.272 e. The molecule has 6 nitrogen and oxygen atoms in total. The van der Waals surface area contributed by atoms with Crippen LogP contribution in [0.15, 0.2) is 18.3 Å². The zero-order chi connectivity index (χ0) is 12.6. The highest BCUT2D eigenvalue weighted by molar-refractivity contribution is 7.91. The Morgan fingerprint density at radius 2 is 2.12 bits per heavy atom. The molecule has 2 heterocycles. The maximum atomic E-state index is 11.8. The van der Waals surface area contributed by atoms with Crippen molar-refractivity contribution >= 4 is 15.7 Å². The van der Waals surface area contributed by atoms with Gasteiger partial charge in [0, 0.05) is 19.3 Å². The maximum absolute atomic E-state index is 11.8. The van der Waals surface area contributed by atoms with Crippen molar-refractivity contribution in [2.75, 3.05) is 19.3 Å². The van der Waals surface area contributed by atoms with E-state index in [0.29, 0.717) is 0 Å². The molecule has 17 heavy (non-hydrogen) atoms. The van der Waals surface area contributed by atoms with Gasteiger partial charge in [0.25, 0.3) is 5.91 Å². The van der Waals surface area contributed by atoms with Crippen molar-refractivity contribution < 1.29 is 18.3 Å². The van der Waals surface area contributed by atoms with Gasteiger partial charge in [-0.2, -0.15) is 0 Å². The first kappa shape index (κ1) is 11.8. The summed E-state index contributed by atoms with van der Waals surface area (Å²) in [5, 5.41) is 8.56. The van der Waals surface area contributed by atoms with E-state index in [2.05, 4.69) is 4.98 Å². The number of aromatic hydroxyl groups is 1. The van der Waals surface area contributed by atoms with Crippen LogP contribution in [0.1, 0.15) is 10.5 Å². The number of nitrogens with zero attached hydrogens (tertiary/aromatic N) is 2. The molecule has 2 rings (SSSR count). The van der Waals surface area contributed by atoms with E-state index in [-0.39, 0.29) is 30.4 Å². The quantitative estimate of drug-likeness (QED) is 0.782. The van der Waals surface area contributed by atoms with E-state index < -0.39 is 15.1 Å². The third kappa shape index (κ3) is 2.38. The van der Waals surface area contributed by atoms with E-state index in [9.17, 15) is 13.2 Å². The molecule has 1 amide bonds. The van der Waals surface area contributed by atoms with Crippen molar-refractivity contribution in [3.63, 3.8) is 0 Å². The summed E-state index contributed by atoms with van der Waals surface area (Å²) in [7, 11) is -3.08. The average molecular weight is 256 g/mol. The summed E-state index contributed by atoms with van der Waals surface area (Å²) in [5.74, 6) is -0.330. The van der Waals surface area contributed by atoms with Crippen LogP contribution in [0.5, 0.6) is 5.75 Å². The summed E-state index contributed by atoms with van der Waals surface area (Å²) in [5.41, 5.74) is 0.203. The Morgan fingerprint density at radius 1 is 1.47 bits per heavy atom. The first-order valence-electron chi connectivity index (χ1n) is 5.01. The van der Waals surface area contributed by atoms with Crippen LogP contribution in [0, 0.1) is 0 Å². The van der Waals surface area contributed by atoms with Gasteiger partial charge in [-0.25, -0.2) is 13.4 Å². The first-order valence-corrected chi connectivity index (χ1v) is 6.96. The molecule has 0 aliphatic carbocycles. The number of carbonyl (C=O) groups excluding carboxylic acids is 1. The fourth-order valence-electron chi connectivity index (χ4n) is 1.55. The van der Waals surface area contributed by atoms with Gasteiger partial charge in [0.2, 0.25) is 0 Å². The van der Waals surface area contributed by atoms with Crippen molar-refractivity contribution in [2.24, 2.45) is 0 Å². The molecular weight excluding hydrogens is 244 g/mol. The van der Waals surface area contributed by atoms with Crippen LogP contribution < -0.4 is 0 Å². The highest BCUT2D eigenvalue weighted by Crippen LogP contribution is 2.18. The minimum Gasteiger partial charge on any atom is -0.506 e. The predicted octanol–water partition coefficient (Wildman–Crippen LogP) is -0.344. The standard InChI is InChI=1S/C10H12N2O4S/c1-17(15,16)8-5-12(6-8)10(14)9-3-2-7(13)4-11-9/h2-4,8,13H,5-6H2,1H3. The average Bonchev–Trinajstić information content (AvgIpc) is 2.13. The second-order valence-electron chi connectivity index (χ2n) is 4.06. The highest BCUT2D eigenvalue weighted by atomic mass is 32.2. The molecule has 1 aromatic heterocycles. The molecule has 0 aromatic carbocycles. The van der Waals surface area contributed by atoms with Gasteiger partial charge in [-0.15, -0.1) is 0 Å². The van der Waals surface area contributed by atoms with Crippen LogP contribution in [0.3, 0.4) is 0 Å². The van der Waals surface area contributed by atoms with E-state index in [1.54, 1.807) is 0 Å². The number of rotatable bonds is 2. The lowest BCUT2D eigenvalue weighted by Gasteiger charge is -2.37. The molecule has 7 heteroatoms. The molecule has 1 aromatic rings. The highest BCUT2D eigenvalue weighted by Gasteiger charge is 2.37. The van der Waals surface area contributed by atoms with Crippen LogP contribution in [-0.4, -0.2) is 53.9 Å².